The zero-order valence-corrected chi connectivity index (χ0v) is 11.7. The van der Waals surface area contributed by atoms with Crippen molar-refractivity contribution >= 4 is 9.84 Å². The number of nitrogens with zero attached hydrogens (tertiary/aromatic N) is 1. The number of sulfone groups is 1. The number of benzene rings is 1. The molecule has 106 valence electrons. The van der Waals surface area contributed by atoms with Crippen LogP contribution in [-0.4, -0.2) is 39.2 Å². The Kier molecular flexibility index (Phi) is 2.48. The molecule has 0 spiro atoms. The van der Waals surface area contributed by atoms with E-state index in [0.717, 1.165) is 11.8 Å². The first-order chi connectivity index (χ1) is 11.7. The van der Waals surface area contributed by atoms with Crippen molar-refractivity contribution < 1.29 is 18.0 Å². The smallest absolute Gasteiger partial charge is 0.175 e. The van der Waals surface area contributed by atoms with Gasteiger partial charge in [-0.25, -0.2) is 8.42 Å². The molecular weight excluding hydrogens is 258 g/mol. The maximum Gasteiger partial charge on any atom is 0.175 e. The van der Waals surface area contributed by atoms with Gasteiger partial charge in [0.1, 0.15) is 0 Å². The van der Waals surface area contributed by atoms with Gasteiger partial charge in [0.2, 0.25) is 0 Å². The van der Waals surface area contributed by atoms with Gasteiger partial charge in [-0.2, -0.15) is 0 Å². The zero-order valence-electron chi connectivity index (χ0n) is 17.9. The Morgan fingerprint density at radius 3 is 2.79 bits per heavy atom. The van der Waals surface area contributed by atoms with Crippen LogP contribution in [0.1, 0.15) is 47.1 Å². The van der Waals surface area contributed by atoms with Crippen LogP contribution in [0.15, 0.2) is 29.2 Å². The van der Waals surface area contributed by atoms with Gasteiger partial charge in [0, 0.05) is 15.9 Å². The Hall–Kier alpha value is -0.870. The fourth-order valence-corrected chi connectivity index (χ4v) is 3.08. The van der Waals surface area contributed by atoms with Gasteiger partial charge in [-0.1, -0.05) is 19.0 Å². The summed E-state index contributed by atoms with van der Waals surface area (Å²) in [7, 11) is -3.32. The van der Waals surface area contributed by atoms with Crippen molar-refractivity contribution in [3.8, 4) is 0 Å². The summed E-state index contributed by atoms with van der Waals surface area (Å²) in [4.78, 5) is 1.46. The number of piperidine rings is 1. The highest BCUT2D eigenvalue weighted by Crippen LogP contribution is 2.29. The third-order valence-electron chi connectivity index (χ3n) is 3.47. The fourth-order valence-electron chi connectivity index (χ4n) is 2.40. The topological polar surface area (TPSA) is 37.4 Å². The molecule has 1 saturated heterocycles. The minimum absolute atomic E-state index is 0.0161. The molecule has 19 heavy (non-hydrogen) atoms. The predicted octanol–water partition coefficient (Wildman–Crippen LogP) is 2.68. The highest BCUT2D eigenvalue weighted by atomic mass is 32.2. The molecule has 1 heterocycles. The molecule has 0 amide bonds. The normalized spacial score (nSPS) is 26.3. The molecule has 0 radical (unpaired) electrons. The minimum atomic E-state index is -3.32. The molecule has 1 aromatic carbocycles. The van der Waals surface area contributed by atoms with Crippen LogP contribution >= 0.6 is 0 Å². The second kappa shape index (κ2) is 6.06. The van der Waals surface area contributed by atoms with Crippen LogP contribution in [-0.2, 0) is 9.84 Å². The van der Waals surface area contributed by atoms with Crippen LogP contribution in [0.25, 0.3) is 0 Å². The van der Waals surface area contributed by atoms with Gasteiger partial charge in [-0.15, -0.1) is 0 Å². The number of rotatable bonds is 4. The van der Waals surface area contributed by atoms with Crippen LogP contribution in [0.3, 0.4) is 0 Å². The molecule has 1 aromatic rings. The lowest BCUT2D eigenvalue weighted by molar-refractivity contribution is 0.212. The minimum Gasteiger partial charge on any atom is -0.303 e. The molecule has 3 nitrogen and oxygen atoms in total. The molecule has 0 bridgehead atoms. The van der Waals surface area contributed by atoms with E-state index in [1.165, 1.54) is 11.0 Å². The van der Waals surface area contributed by atoms with E-state index in [0.29, 0.717) is 12.8 Å². The predicted molar refractivity (Wildman–Crippen MR) is 78.3 cm³/mol. The fraction of sp³-hybridized carbons (Fsp3) is 0.600. The highest BCUT2D eigenvalue weighted by Gasteiger charge is 2.20. The molecule has 2 rings (SSSR count). The average Bonchev–Trinajstić information content (AvgIpc) is 2.53. The van der Waals surface area contributed by atoms with E-state index in [1.54, 1.807) is 12.1 Å². The van der Waals surface area contributed by atoms with Crippen LogP contribution in [0.5, 0.6) is 0 Å². The third kappa shape index (κ3) is 3.80. The lowest BCUT2D eigenvalue weighted by Gasteiger charge is -2.32. The van der Waals surface area contributed by atoms with E-state index in [4.69, 9.17) is 9.60 Å². The monoisotopic (exact) mass is 288 g/mol. The van der Waals surface area contributed by atoms with Gasteiger partial charge in [0.15, 0.2) is 9.84 Å². The summed E-state index contributed by atoms with van der Waals surface area (Å²) in [5, 5.41) is 0. The summed E-state index contributed by atoms with van der Waals surface area (Å²) < 4.78 is 76.9. The first-order valence-electron chi connectivity index (χ1n) is 9.73. The van der Waals surface area contributed by atoms with Crippen molar-refractivity contribution in [3.05, 3.63) is 29.8 Å². The van der Waals surface area contributed by atoms with Crippen LogP contribution in [0, 0.1) is 0 Å². The molecule has 0 unspecified atom stereocenters. The zero-order chi connectivity index (χ0) is 20.0. The van der Waals surface area contributed by atoms with Crippen molar-refractivity contribution in [2.24, 2.45) is 0 Å². The molecule has 1 fully saturated rings. The standard InChI is InChI=1S/C15H23NO2S/c1-3-9-16-10-7-13(8-11-16)14-5-4-6-15(12-14)19(2,17)18/h4-6,12-13H,3,7-11H2,1-2H3/i1D3,3D2,9D2. The van der Waals surface area contributed by atoms with Gasteiger partial charge in [0.05, 0.1) is 4.90 Å². The van der Waals surface area contributed by atoms with Crippen LogP contribution < -0.4 is 0 Å². The molecule has 0 saturated carbocycles. The number of likely N-dealkylation sites (tertiary alicyclic amines) is 1. The molecule has 0 atom stereocenters. The van der Waals surface area contributed by atoms with Gasteiger partial charge >= 0.3 is 0 Å². The van der Waals surface area contributed by atoms with Gasteiger partial charge in [0.25, 0.3) is 0 Å². The van der Waals surface area contributed by atoms with E-state index < -0.39 is 29.6 Å². The van der Waals surface area contributed by atoms with Crippen molar-refractivity contribution in [1.82, 2.24) is 4.90 Å². The van der Waals surface area contributed by atoms with Gasteiger partial charge in [-0.05, 0) is 62.4 Å². The third-order valence-corrected chi connectivity index (χ3v) is 4.58. The Labute approximate surface area is 126 Å². The summed E-state index contributed by atoms with van der Waals surface area (Å²) in [6.45, 7) is -5.32. The first kappa shape index (κ1) is 7.79. The lowest BCUT2D eigenvalue weighted by Crippen LogP contribution is -2.33. The van der Waals surface area contributed by atoms with Crippen molar-refractivity contribution in [2.75, 3.05) is 25.8 Å². The van der Waals surface area contributed by atoms with E-state index >= 15 is 0 Å². The largest absolute Gasteiger partial charge is 0.303 e. The van der Waals surface area contributed by atoms with E-state index in [2.05, 4.69) is 0 Å². The Balaban J connectivity index is 2.15. The number of hydrogen-bond acceptors (Lipinski definition) is 3. The maximum atomic E-state index is 11.7. The second-order valence-electron chi connectivity index (χ2n) is 4.84. The van der Waals surface area contributed by atoms with Crippen molar-refractivity contribution in [3.63, 3.8) is 0 Å². The van der Waals surface area contributed by atoms with Crippen LogP contribution in [0.2, 0.25) is 0 Å². The Morgan fingerprint density at radius 2 is 2.16 bits per heavy atom. The first-order valence-corrected chi connectivity index (χ1v) is 8.12. The summed E-state index contributed by atoms with van der Waals surface area (Å²) in [5.41, 5.74) is 0.840. The average molecular weight is 288 g/mol. The van der Waals surface area contributed by atoms with E-state index in [9.17, 15) is 8.42 Å². The maximum absolute atomic E-state index is 11.7. The molecule has 0 N–H and O–H groups in total. The van der Waals surface area contributed by atoms with Gasteiger partial charge in [-0.3, -0.25) is 0 Å². The molecule has 0 aliphatic carbocycles. The van der Waals surface area contributed by atoms with E-state index in [-0.39, 0.29) is 23.9 Å². The summed E-state index contributed by atoms with van der Waals surface area (Å²) in [6.07, 6.45) is -0.878. The lowest BCUT2D eigenvalue weighted by atomic mass is 9.89. The molecule has 4 heteroatoms. The van der Waals surface area contributed by atoms with Crippen molar-refractivity contribution in [1.29, 1.82) is 0 Å². The molecule has 1 aliphatic rings. The second-order valence-corrected chi connectivity index (χ2v) is 6.86. The summed E-state index contributed by atoms with van der Waals surface area (Å²) in [6, 6.07) is 6.64. The number of hydrogen-bond donors (Lipinski definition) is 0. The quantitative estimate of drug-likeness (QED) is 0.855. The Bertz CT molecular complexity index is 754. The molecular formula is C15H23NO2S. The van der Waals surface area contributed by atoms with Crippen LogP contribution in [0.4, 0.5) is 0 Å². The van der Waals surface area contributed by atoms with Gasteiger partial charge < -0.3 is 4.90 Å². The SMILES string of the molecule is [2H]C([2H])([2H])C([2H])([2H])C([2H])([2H])N1CCC(c2cccc(S(C)(=O)=O)c2)CC1. The highest BCUT2D eigenvalue weighted by molar-refractivity contribution is 7.90. The molecule has 1 aliphatic heterocycles. The molecule has 0 aromatic heterocycles. The summed E-state index contributed by atoms with van der Waals surface area (Å²) >= 11 is 0. The Morgan fingerprint density at radius 1 is 1.42 bits per heavy atom. The van der Waals surface area contributed by atoms with Crippen molar-refractivity contribution in [2.45, 2.75) is 36.9 Å². The van der Waals surface area contributed by atoms with E-state index in [1.807, 2.05) is 6.07 Å². The summed E-state index contributed by atoms with van der Waals surface area (Å²) in [5.74, 6) is 0.0161.